The van der Waals surface area contributed by atoms with Crippen molar-refractivity contribution in [3.8, 4) is 0 Å². The number of benzene rings is 1. The Morgan fingerprint density at radius 2 is 1.83 bits per heavy atom. The summed E-state index contributed by atoms with van der Waals surface area (Å²) in [6.45, 7) is 4.27. The van der Waals surface area contributed by atoms with Crippen molar-refractivity contribution in [2.24, 2.45) is 0 Å². The Morgan fingerprint density at radius 1 is 1.22 bits per heavy atom. The van der Waals surface area contributed by atoms with Gasteiger partial charge in [0.05, 0.1) is 6.10 Å². The summed E-state index contributed by atoms with van der Waals surface area (Å²) in [5, 5.41) is 0. The first-order valence-corrected chi connectivity index (χ1v) is 6.73. The molecule has 1 aliphatic rings. The van der Waals surface area contributed by atoms with Crippen molar-refractivity contribution in [3.63, 3.8) is 0 Å². The van der Waals surface area contributed by atoms with Crippen LogP contribution in [0, 0.1) is 0 Å². The lowest BCUT2D eigenvalue weighted by molar-refractivity contribution is -0.0124. The SMILES string of the molecule is CC(C)c1ccc(C(=O)NOC2CCCC2)cc1. The molecule has 0 aromatic heterocycles. The average Bonchev–Trinajstić information content (AvgIpc) is 2.89. The minimum Gasteiger partial charge on any atom is -0.270 e. The van der Waals surface area contributed by atoms with Crippen molar-refractivity contribution in [2.45, 2.75) is 51.6 Å². The van der Waals surface area contributed by atoms with Crippen LogP contribution in [0.5, 0.6) is 0 Å². The highest BCUT2D eigenvalue weighted by molar-refractivity contribution is 5.93. The molecule has 0 aliphatic heterocycles. The number of carbonyl (C=O) groups excluding carboxylic acids is 1. The highest BCUT2D eigenvalue weighted by Gasteiger charge is 2.17. The van der Waals surface area contributed by atoms with Crippen LogP contribution in [-0.4, -0.2) is 12.0 Å². The fraction of sp³-hybridized carbons (Fsp3) is 0.533. The molecule has 1 amide bonds. The molecule has 0 unspecified atom stereocenters. The number of rotatable bonds is 4. The molecular weight excluding hydrogens is 226 g/mol. The number of hydrogen-bond acceptors (Lipinski definition) is 2. The molecule has 1 aliphatic carbocycles. The second kappa shape index (κ2) is 6.01. The van der Waals surface area contributed by atoms with E-state index in [0.29, 0.717) is 11.5 Å². The van der Waals surface area contributed by atoms with E-state index >= 15 is 0 Å². The Labute approximate surface area is 108 Å². The lowest BCUT2D eigenvalue weighted by Gasteiger charge is -2.12. The van der Waals surface area contributed by atoms with Crippen molar-refractivity contribution in [2.75, 3.05) is 0 Å². The van der Waals surface area contributed by atoms with E-state index in [2.05, 4.69) is 19.3 Å². The molecule has 0 heterocycles. The number of carbonyl (C=O) groups is 1. The highest BCUT2D eigenvalue weighted by atomic mass is 16.7. The molecule has 18 heavy (non-hydrogen) atoms. The summed E-state index contributed by atoms with van der Waals surface area (Å²) in [7, 11) is 0. The van der Waals surface area contributed by atoms with E-state index in [1.54, 1.807) is 0 Å². The molecule has 0 spiro atoms. The van der Waals surface area contributed by atoms with Gasteiger partial charge >= 0.3 is 0 Å². The van der Waals surface area contributed by atoms with Gasteiger partial charge in [-0.1, -0.05) is 38.8 Å². The first-order chi connectivity index (χ1) is 8.66. The van der Waals surface area contributed by atoms with Gasteiger partial charge in [-0.3, -0.25) is 9.63 Å². The molecule has 1 aromatic rings. The molecule has 1 saturated carbocycles. The maximum Gasteiger partial charge on any atom is 0.274 e. The largest absolute Gasteiger partial charge is 0.274 e. The summed E-state index contributed by atoms with van der Waals surface area (Å²) in [4.78, 5) is 17.2. The summed E-state index contributed by atoms with van der Waals surface area (Å²) in [5.41, 5.74) is 4.44. The highest BCUT2D eigenvalue weighted by Crippen LogP contribution is 2.20. The maximum absolute atomic E-state index is 11.8. The third-order valence-corrected chi connectivity index (χ3v) is 3.46. The molecular formula is C15H21NO2. The lowest BCUT2D eigenvalue weighted by Crippen LogP contribution is -2.28. The summed E-state index contributed by atoms with van der Waals surface area (Å²) < 4.78 is 0. The molecule has 0 bridgehead atoms. The molecule has 3 nitrogen and oxygen atoms in total. The molecule has 1 aromatic carbocycles. The van der Waals surface area contributed by atoms with E-state index in [9.17, 15) is 4.79 Å². The third-order valence-electron chi connectivity index (χ3n) is 3.46. The Bertz CT molecular complexity index is 391. The topological polar surface area (TPSA) is 38.3 Å². The Morgan fingerprint density at radius 3 is 2.39 bits per heavy atom. The molecule has 98 valence electrons. The summed E-state index contributed by atoms with van der Waals surface area (Å²) in [6, 6.07) is 7.69. The van der Waals surface area contributed by atoms with Gasteiger partial charge in [-0.05, 0) is 36.5 Å². The van der Waals surface area contributed by atoms with Crippen LogP contribution in [0.3, 0.4) is 0 Å². The average molecular weight is 247 g/mol. The second-order valence-electron chi connectivity index (χ2n) is 5.23. The summed E-state index contributed by atoms with van der Waals surface area (Å²) >= 11 is 0. The third kappa shape index (κ3) is 3.33. The molecule has 0 saturated heterocycles. The van der Waals surface area contributed by atoms with E-state index in [0.717, 1.165) is 12.8 Å². The molecule has 1 N–H and O–H groups in total. The van der Waals surface area contributed by atoms with Gasteiger partial charge < -0.3 is 0 Å². The Balaban J connectivity index is 1.87. The van der Waals surface area contributed by atoms with E-state index in [-0.39, 0.29) is 12.0 Å². The predicted molar refractivity (Wildman–Crippen MR) is 71.3 cm³/mol. The molecule has 0 radical (unpaired) electrons. The number of nitrogens with one attached hydrogen (secondary N) is 1. The fourth-order valence-corrected chi connectivity index (χ4v) is 2.22. The molecule has 1 fully saturated rings. The van der Waals surface area contributed by atoms with Crippen molar-refractivity contribution < 1.29 is 9.63 Å². The normalized spacial score (nSPS) is 16.2. The standard InChI is InChI=1S/C15H21NO2/c1-11(2)12-7-9-13(10-8-12)15(17)16-18-14-5-3-4-6-14/h7-11,14H,3-6H2,1-2H3,(H,16,17). The van der Waals surface area contributed by atoms with Gasteiger partial charge in [-0.15, -0.1) is 0 Å². The van der Waals surface area contributed by atoms with Gasteiger partial charge in [0, 0.05) is 5.56 Å². The van der Waals surface area contributed by atoms with Crippen molar-refractivity contribution in [3.05, 3.63) is 35.4 Å². The van der Waals surface area contributed by atoms with Crippen LogP contribution < -0.4 is 5.48 Å². The monoisotopic (exact) mass is 247 g/mol. The van der Waals surface area contributed by atoms with Crippen LogP contribution in [0.15, 0.2) is 24.3 Å². The minimum atomic E-state index is -0.155. The van der Waals surface area contributed by atoms with Crippen LogP contribution in [0.2, 0.25) is 0 Å². The quantitative estimate of drug-likeness (QED) is 0.828. The first kappa shape index (κ1) is 13.1. The summed E-state index contributed by atoms with van der Waals surface area (Å²) in [6.07, 6.45) is 4.69. The summed E-state index contributed by atoms with van der Waals surface area (Å²) in [5.74, 6) is 0.328. The number of hydroxylamine groups is 1. The van der Waals surface area contributed by atoms with Crippen molar-refractivity contribution in [1.82, 2.24) is 5.48 Å². The molecule has 2 rings (SSSR count). The zero-order valence-electron chi connectivity index (χ0n) is 11.1. The van der Waals surface area contributed by atoms with E-state index in [4.69, 9.17) is 4.84 Å². The maximum atomic E-state index is 11.8. The van der Waals surface area contributed by atoms with Crippen molar-refractivity contribution in [1.29, 1.82) is 0 Å². The van der Waals surface area contributed by atoms with E-state index < -0.39 is 0 Å². The van der Waals surface area contributed by atoms with E-state index in [1.807, 2.05) is 24.3 Å². The first-order valence-electron chi connectivity index (χ1n) is 6.73. The van der Waals surface area contributed by atoms with Crippen LogP contribution in [0.4, 0.5) is 0 Å². The fourth-order valence-electron chi connectivity index (χ4n) is 2.22. The van der Waals surface area contributed by atoms with Gasteiger partial charge in [0.1, 0.15) is 0 Å². The van der Waals surface area contributed by atoms with Crippen LogP contribution in [0.1, 0.15) is 61.4 Å². The zero-order valence-corrected chi connectivity index (χ0v) is 11.1. The van der Waals surface area contributed by atoms with Crippen LogP contribution >= 0.6 is 0 Å². The number of amides is 1. The second-order valence-corrected chi connectivity index (χ2v) is 5.23. The van der Waals surface area contributed by atoms with Gasteiger partial charge in [0.2, 0.25) is 0 Å². The van der Waals surface area contributed by atoms with Crippen LogP contribution in [-0.2, 0) is 4.84 Å². The number of hydrogen-bond donors (Lipinski definition) is 1. The zero-order chi connectivity index (χ0) is 13.0. The Hall–Kier alpha value is -1.35. The predicted octanol–water partition coefficient (Wildman–Crippen LogP) is 3.41. The Kier molecular flexibility index (Phi) is 4.37. The van der Waals surface area contributed by atoms with Crippen LogP contribution in [0.25, 0.3) is 0 Å². The minimum absolute atomic E-state index is 0.155. The van der Waals surface area contributed by atoms with Gasteiger partial charge in [0.25, 0.3) is 5.91 Å². The van der Waals surface area contributed by atoms with Gasteiger partial charge in [-0.25, -0.2) is 5.48 Å². The van der Waals surface area contributed by atoms with Gasteiger partial charge in [-0.2, -0.15) is 0 Å². The smallest absolute Gasteiger partial charge is 0.270 e. The molecule has 3 heteroatoms. The van der Waals surface area contributed by atoms with Crippen molar-refractivity contribution >= 4 is 5.91 Å². The van der Waals surface area contributed by atoms with E-state index in [1.165, 1.54) is 18.4 Å². The van der Waals surface area contributed by atoms with Gasteiger partial charge in [0.15, 0.2) is 0 Å². The molecule has 0 atom stereocenters. The lowest BCUT2D eigenvalue weighted by atomic mass is 10.0.